The van der Waals surface area contributed by atoms with Crippen LogP contribution in [0.4, 0.5) is 15.8 Å². The van der Waals surface area contributed by atoms with E-state index in [1.165, 1.54) is 13.2 Å². The zero-order valence-electron chi connectivity index (χ0n) is 11.5. The van der Waals surface area contributed by atoms with Gasteiger partial charge in [0.1, 0.15) is 6.04 Å². The number of carbonyl (C=O) groups is 1. The van der Waals surface area contributed by atoms with Crippen molar-refractivity contribution in [1.29, 1.82) is 0 Å². The third-order valence-electron chi connectivity index (χ3n) is 2.39. The lowest BCUT2D eigenvalue weighted by atomic mass is 10.2. The highest BCUT2D eigenvalue weighted by Crippen LogP contribution is 2.29. The van der Waals surface area contributed by atoms with Gasteiger partial charge in [0.05, 0.1) is 24.6 Å². The summed E-state index contributed by atoms with van der Waals surface area (Å²) in [7, 11) is 1.29. The third-order valence-corrected chi connectivity index (χ3v) is 2.39. The summed E-state index contributed by atoms with van der Waals surface area (Å²) in [6.07, 6.45) is -0.163. The van der Waals surface area contributed by atoms with E-state index in [1.807, 2.05) is 0 Å². The van der Waals surface area contributed by atoms with Crippen LogP contribution in [0.3, 0.4) is 0 Å². The zero-order valence-corrected chi connectivity index (χ0v) is 11.5. The van der Waals surface area contributed by atoms with Crippen LogP contribution in [0.2, 0.25) is 0 Å². The molecule has 0 saturated carbocycles. The van der Waals surface area contributed by atoms with Gasteiger partial charge in [-0.2, -0.15) is 0 Å². The number of benzene rings is 1. The van der Waals surface area contributed by atoms with Gasteiger partial charge in [-0.15, -0.1) is 0 Å². The van der Waals surface area contributed by atoms with Crippen molar-refractivity contribution in [3.63, 3.8) is 0 Å². The Morgan fingerprint density at radius 2 is 2.00 bits per heavy atom. The van der Waals surface area contributed by atoms with Crippen molar-refractivity contribution in [3.8, 4) is 5.75 Å². The standard InChI is InChI=1S/C13H19FN2O3/c1-7(2)19-12-6-11(10(15)5-9(12)14)16-8(3)13(17)18-4/h5-8,16H,15H2,1-4H3. The summed E-state index contributed by atoms with van der Waals surface area (Å²) in [4.78, 5) is 11.3. The average Bonchev–Trinajstić information content (AvgIpc) is 2.33. The first-order valence-corrected chi connectivity index (χ1v) is 5.95. The Morgan fingerprint density at radius 3 is 2.53 bits per heavy atom. The number of nitrogens with two attached hydrogens (primary N) is 1. The number of methoxy groups -OCH3 is 1. The first kappa shape index (κ1) is 15.1. The molecule has 0 amide bonds. The Kier molecular flexibility index (Phi) is 4.97. The molecule has 1 unspecified atom stereocenters. The summed E-state index contributed by atoms with van der Waals surface area (Å²) in [5.41, 5.74) is 6.33. The molecule has 6 heteroatoms. The van der Waals surface area contributed by atoms with Crippen molar-refractivity contribution in [1.82, 2.24) is 0 Å². The van der Waals surface area contributed by atoms with E-state index >= 15 is 0 Å². The normalized spacial score (nSPS) is 12.1. The van der Waals surface area contributed by atoms with E-state index in [1.54, 1.807) is 20.8 Å². The van der Waals surface area contributed by atoms with Crippen LogP contribution in [0.25, 0.3) is 0 Å². The van der Waals surface area contributed by atoms with Crippen molar-refractivity contribution in [2.75, 3.05) is 18.2 Å². The second-order valence-corrected chi connectivity index (χ2v) is 4.43. The van der Waals surface area contributed by atoms with Crippen LogP contribution < -0.4 is 15.8 Å². The Bertz CT molecular complexity index is 463. The molecule has 5 nitrogen and oxygen atoms in total. The number of halogens is 1. The molecule has 1 rings (SSSR count). The van der Waals surface area contributed by atoms with Gasteiger partial charge in [-0.25, -0.2) is 9.18 Å². The topological polar surface area (TPSA) is 73.6 Å². The van der Waals surface area contributed by atoms with Crippen LogP contribution >= 0.6 is 0 Å². The van der Waals surface area contributed by atoms with Gasteiger partial charge in [0.2, 0.25) is 0 Å². The number of hydrogen-bond donors (Lipinski definition) is 2. The number of nitrogen functional groups attached to an aromatic ring is 1. The number of nitrogens with one attached hydrogen (secondary N) is 1. The summed E-state index contributed by atoms with van der Waals surface area (Å²) < 4.78 is 23.5. The van der Waals surface area contributed by atoms with E-state index in [2.05, 4.69) is 10.1 Å². The predicted molar refractivity (Wildman–Crippen MR) is 71.7 cm³/mol. The van der Waals surface area contributed by atoms with Gasteiger partial charge < -0.3 is 20.5 Å². The van der Waals surface area contributed by atoms with E-state index in [-0.39, 0.29) is 17.5 Å². The SMILES string of the molecule is COC(=O)C(C)Nc1cc(OC(C)C)c(F)cc1N. The van der Waals surface area contributed by atoms with E-state index in [9.17, 15) is 9.18 Å². The van der Waals surface area contributed by atoms with Gasteiger partial charge in [0.25, 0.3) is 0 Å². The maximum Gasteiger partial charge on any atom is 0.327 e. The van der Waals surface area contributed by atoms with Crippen LogP contribution in [0.5, 0.6) is 5.75 Å². The van der Waals surface area contributed by atoms with Crippen LogP contribution in [0.1, 0.15) is 20.8 Å². The molecule has 0 aromatic heterocycles. The van der Waals surface area contributed by atoms with E-state index in [0.717, 1.165) is 6.07 Å². The molecule has 0 heterocycles. The fraction of sp³-hybridized carbons (Fsp3) is 0.462. The minimum atomic E-state index is -0.593. The number of carbonyl (C=O) groups excluding carboxylic acids is 1. The fourth-order valence-corrected chi connectivity index (χ4v) is 1.51. The molecule has 106 valence electrons. The second-order valence-electron chi connectivity index (χ2n) is 4.43. The summed E-state index contributed by atoms with van der Waals surface area (Å²) in [5.74, 6) is -0.888. The molecule has 1 atom stereocenters. The Hall–Kier alpha value is -1.98. The fourth-order valence-electron chi connectivity index (χ4n) is 1.51. The largest absolute Gasteiger partial charge is 0.488 e. The van der Waals surface area contributed by atoms with Crippen molar-refractivity contribution in [3.05, 3.63) is 17.9 Å². The number of ether oxygens (including phenoxy) is 2. The van der Waals surface area contributed by atoms with Gasteiger partial charge in [0.15, 0.2) is 11.6 Å². The monoisotopic (exact) mass is 270 g/mol. The van der Waals surface area contributed by atoms with Crippen molar-refractivity contribution >= 4 is 17.3 Å². The molecule has 3 N–H and O–H groups in total. The average molecular weight is 270 g/mol. The quantitative estimate of drug-likeness (QED) is 0.633. The Labute approximate surface area is 111 Å². The Balaban J connectivity index is 2.97. The first-order chi connectivity index (χ1) is 8.85. The molecular formula is C13H19FN2O3. The van der Waals surface area contributed by atoms with Crippen molar-refractivity contribution in [2.24, 2.45) is 0 Å². The maximum atomic E-state index is 13.6. The molecule has 0 aliphatic carbocycles. The van der Waals surface area contributed by atoms with Crippen LogP contribution in [-0.2, 0) is 9.53 Å². The van der Waals surface area contributed by atoms with Gasteiger partial charge >= 0.3 is 5.97 Å². The third kappa shape index (κ3) is 4.01. The number of anilines is 2. The maximum absolute atomic E-state index is 13.6. The summed E-state index contributed by atoms with van der Waals surface area (Å²) in [6, 6.07) is 2.00. The van der Waals surface area contributed by atoms with Crippen LogP contribution in [-0.4, -0.2) is 25.2 Å². The Morgan fingerprint density at radius 1 is 1.37 bits per heavy atom. The molecule has 1 aromatic rings. The zero-order chi connectivity index (χ0) is 14.6. The molecule has 0 spiro atoms. The van der Waals surface area contributed by atoms with Gasteiger partial charge in [-0.05, 0) is 20.8 Å². The smallest absolute Gasteiger partial charge is 0.327 e. The summed E-state index contributed by atoms with van der Waals surface area (Å²) in [6.45, 7) is 5.21. The molecular weight excluding hydrogens is 251 g/mol. The lowest BCUT2D eigenvalue weighted by Gasteiger charge is -2.17. The van der Waals surface area contributed by atoms with Crippen molar-refractivity contribution < 1.29 is 18.7 Å². The van der Waals surface area contributed by atoms with E-state index in [0.29, 0.717) is 5.69 Å². The first-order valence-electron chi connectivity index (χ1n) is 5.95. The minimum Gasteiger partial charge on any atom is -0.488 e. The van der Waals surface area contributed by atoms with Gasteiger partial charge in [0, 0.05) is 12.1 Å². The number of rotatable bonds is 5. The lowest BCUT2D eigenvalue weighted by molar-refractivity contribution is -0.141. The predicted octanol–water partition coefficient (Wildman–Crippen LogP) is 2.17. The number of hydrogen-bond acceptors (Lipinski definition) is 5. The second kappa shape index (κ2) is 6.26. The lowest BCUT2D eigenvalue weighted by Crippen LogP contribution is -2.27. The van der Waals surface area contributed by atoms with E-state index < -0.39 is 17.8 Å². The summed E-state index contributed by atoms with van der Waals surface area (Å²) >= 11 is 0. The highest BCUT2D eigenvalue weighted by Gasteiger charge is 2.16. The van der Waals surface area contributed by atoms with E-state index in [4.69, 9.17) is 10.5 Å². The van der Waals surface area contributed by atoms with Gasteiger partial charge in [-0.3, -0.25) is 0 Å². The number of esters is 1. The highest BCUT2D eigenvalue weighted by molar-refractivity contribution is 5.81. The molecule has 0 aliphatic heterocycles. The molecule has 0 bridgehead atoms. The molecule has 0 aliphatic rings. The van der Waals surface area contributed by atoms with Crippen molar-refractivity contribution in [2.45, 2.75) is 32.9 Å². The molecule has 0 saturated heterocycles. The summed E-state index contributed by atoms with van der Waals surface area (Å²) in [5, 5.41) is 2.86. The molecule has 19 heavy (non-hydrogen) atoms. The van der Waals surface area contributed by atoms with Crippen LogP contribution in [0.15, 0.2) is 12.1 Å². The highest BCUT2D eigenvalue weighted by atomic mass is 19.1. The van der Waals surface area contributed by atoms with Crippen LogP contribution in [0, 0.1) is 5.82 Å². The molecule has 1 aromatic carbocycles. The minimum absolute atomic E-state index is 0.0868. The molecule has 0 radical (unpaired) electrons. The van der Waals surface area contributed by atoms with Gasteiger partial charge in [-0.1, -0.05) is 0 Å². The molecule has 0 fully saturated rings.